The Balaban J connectivity index is 0.00000400. The fourth-order valence-corrected chi connectivity index (χ4v) is 3.10. The maximum Gasteiger partial charge on any atom is 0.337 e. The fourth-order valence-electron chi connectivity index (χ4n) is 1.68. The van der Waals surface area contributed by atoms with Crippen LogP contribution in [-0.2, 0) is 14.8 Å². The minimum atomic E-state index is -3.62. The van der Waals surface area contributed by atoms with Crippen LogP contribution < -0.4 is 5.32 Å². The lowest BCUT2D eigenvalue weighted by Crippen LogP contribution is -2.33. The number of sulfonamides is 1. The molecule has 0 saturated carbocycles. The molecule has 0 saturated heterocycles. The molecule has 0 spiro atoms. The molecule has 8 heteroatoms. The number of esters is 1. The first kappa shape index (κ1) is 19.9. The van der Waals surface area contributed by atoms with Crippen molar-refractivity contribution < 1.29 is 17.9 Å². The summed E-state index contributed by atoms with van der Waals surface area (Å²) in [5.74, 6) is -0.556. The van der Waals surface area contributed by atoms with Crippen molar-refractivity contribution in [2.45, 2.75) is 11.8 Å². The molecule has 1 rings (SSSR count). The highest BCUT2D eigenvalue weighted by Crippen LogP contribution is 2.20. The Morgan fingerprint density at radius 2 is 2.00 bits per heavy atom. The molecule has 1 aromatic rings. The van der Waals surface area contributed by atoms with E-state index in [9.17, 15) is 13.2 Å². The van der Waals surface area contributed by atoms with Crippen LogP contribution >= 0.6 is 12.4 Å². The Morgan fingerprint density at radius 3 is 2.52 bits per heavy atom. The first-order valence-electron chi connectivity index (χ1n) is 6.14. The molecule has 0 bridgehead atoms. The number of aryl methyl sites for hydroxylation is 1. The van der Waals surface area contributed by atoms with Crippen LogP contribution in [0.5, 0.6) is 0 Å². The zero-order valence-electron chi connectivity index (χ0n) is 12.5. The second-order valence-corrected chi connectivity index (χ2v) is 6.42. The van der Waals surface area contributed by atoms with E-state index in [0.29, 0.717) is 18.7 Å². The molecule has 0 heterocycles. The molecule has 1 N–H and O–H groups in total. The molecule has 0 radical (unpaired) electrons. The third-order valence-corrected chi connectivity index (χ3v) is 4.97. The van der Waals surface area contributed by atoms with E-state index in [1.807, 2.05) is 0 Å². The van der Waals surface area contributed by atoms with Crippen LogP contribution in [0.2, 0.25) is 0 Å². The summed E-state index contributed by atoms with van der Waals surface area (Å²) in [5.41, 5.74) is 0.813. The van der Waals surface area contributed by atoms with Crippen molar-refractivity contribution >= 4 is 28.4 Å². The van der Waals surface area contributed by atoms with Gasteiger partial charge in [0.05, 0.1) is 17.6 Å². The predicted molar refractivity (Wildman–Crippen MR) is 83.5 cm³/mol. The zero-order valence-corrected chi connectivity index (χ0v) is 14.2. The number of ether oxygens (including phenoxy) is 1. The Bertz CT molecular complexity index is 590. The van der Waals surface area contributed by atoms with E-state index < -0.39 is 16.0 Å². The first-order valence-corrected chi connectivity index (χ1v) is 7.58. The van der Waals surface area contributed by atoms with Gasteiger partial charge in [-0.15, -0.1) is 12.4 Å². The van der Waals surface area contributed by atoms with E-state index in [4.69, 9.17) is 0 Å². The van der Waals surface area contributed by atoms with Crippen LogP contribution in [0.1, 0.15) is 15.9 Å². The van der Waals surface area contributed by atoms with Crippen molar-refractivity contribution in [2.24, 2.45) is 0 Å². The molecule has 0 aliphatic carbocycles. The third-order valence-electron chi connectivity index (χ3n) is 2.97. The van der Waals surface area contributed by atoms with Gasteiger partial charge in [0, 0.05) is 20.1 Å². The number of halogens is 1. The number of rotatable bonds is 6. The topological polar surface area (TPSA) is 75.7 Å². The predicted octanol–water partition coefficient (Wildman–Crippen LogP) is 1.04. The molecule has 1 aromatic carbocycles. The minimum absolute atomic E-state index is 0. The van der Waals surface area contributed by atoms with Crippen LogP contribution in [0.3, 0.4) is 0 Å². The van der Waals surface area contributed by atoms with Crippen LogP contribution in [0, 0.1) is 6.92 Å². The Morgan fingerprint density at radius 1 is 1.38 bits per heavy atom. The van der Waals surface area contributed by atoms with E-state index in [1.165, 1.54) is 24.5 Å². The van der Waals surface area contributed by atoms with E-state index >= 15 is 0 Å². The summed E-state index contributed by atoms with van der Waals surface area (Å²) in [4.78, 5) is 11.6. The summed E-state index contributed by atoms with van der Waals surface area (Å²) in [5, 5.41) is 2.90. The molecule has 0 amide bonds. The highest BCUT2D eigenvalue weighted by Gasteiger charge is 2.23. The molecular weight excluding hydrogens is 316 g/mol. The molecule has 0 unspecified atom stereocenters. The second-order valence-electron chi connectivity index (χ2n) is 4.40. The Labute approximate surface area is 131 Å². The lowest BCUT2D eigenvalue weighted by molar-refractivity contribution is 0.0600. The van der Waals surface area contributed by atoms with Crippen molar-refractivity contribution in [2.75, 3.05) is 34.3 Å². The highest BCUT2D eigenvalue weighted by atomic mass is 35.5. The zero-order chi connectivity index (χ0) is 15.3. The Kier molecular flexibility index (Phi) is 7.87. The fraction of sp³-hybridized carbons (Fsp3) is 0.462. The SMILES string of the molecule is CNCCN(C)S(=O)(=O)c1cc(C(=O)OC)ccc1C.Cl. The minimum Gasteiger partial charge on any atom is -0.465 e. The number of hydrogen-bond acceptors (Lipinski definition) is 5. The molecule has 6 nitrogen and oxygen atoms in total. The van der Waals surface area contributed by atoms with Gasteiger partial charge < -0.3 is 10.1 Å². The maximum absolute atomic E-state index is 12.5. The van der Waals surface area contributed by atoms with Gasteiger partial charge in [0.25, 0.3) is 0 Å². The van der Waals surface area contributed by atoms with Crippen LogP contribution in [0.4, 0.5) is 0 Å². The third kappa shape index (κ3) is 4.67. The van der Waals surface area contributed by atoms with E-state index in [1.54, 1.807) is 26.1 Å². The number of carbonyl (C=O) groups excluding carboxylic acids is 1. The number of benzene rings is 1. The van der Waals surface area contributed by atoms with Gasteiger partial charge >= 0.3 is 5.97 Å². The molecule has 0 aliphatic heterocycles. The molecule has 0 aromatic heterocycles. The average molecular weight is 337 g/mol. The lowest BCUT2D eigenvalue weighted by atomic mass is 10.1. The second kappa shape index (κ2) is 8.33. The molecule has 0 aliphatic rings. The number of methoxy groups -OCH3 is 1. The normalized spacial score (nSPS) is 11.1. The molecule has 0 fully saturated rings. The van der Waals surface area contributed by atoms with Crippen LogP contribution in [0.25, 0.3) is 0 Å². The average Bonchev–Trinajstić information content (AvgIpc) is 2.43. The van der Waals surface area contributed by atoms with Gasteiger partial charge in [0.1, 0.15) is 0 Å². The van der Waals surface area contributed by atoms with Gasteiger partial charge in [-0.1, -0.05) is 6.07 Å². The summed E-state index contributed by atoms with van der Waals surface area (Å²) in [6.07, 6.45) is 0. The molecule has 21 heavy (non-hydrogen) atoms. The number of nitrogens with zero attached hydrogens (tertiary/aromatic N) is 1. The number of carbonyl (C=O) groups is 1. The van der Waals surface area contributed by atoms with E-state index in [2.05, 4.69) is 10.1 Å². The van der Waals surface area contributed by atoms with Crippen LogP contribution in [-0.4, -0.2) is 53.0 Å². The molecule has 120 valence electrons. The standard InChI is InChI=1S/C13H20N2O4S.ClH/c1-10-5-6-11(13(16)19-4)9-12(10)20(17,18)15(3)8-7-14-2;/h5-6,9,14H,7-8H2,1-4H3;1H. The number of nitrogens with one attached hydrogen (secondary N) is 1. The summed E-state index contributed by atoms with van der Waals surface area (Å²) in [6, 6.07) is 4.51. The largest absolute Gasteiger partial charge is 0.465 e. The number of likely N-dealkylation sites (N-methyl/N-ethyl adjacent to an activating group) is 2. The van der Waals surface area contributed by atoms with Crippen LogP contribution in [0.15, 0.2) is 23.1 Å². The maximum atomic E-state index is 12.5. The van der Waals surface area contributed by atoms with Crippen molar-refractivity contribution in [3.05, 3.63) is 29.3 Å². The van der Waals surface area contributed by atoms with Gasteiger partial charge in [0.15, 0.2) is 0 Å². The van der Waals surface area contributed by atoms with Gasteiger partial charge in [0.2, 0.25) is 10.0 Å². The Hall–Kier alpha value is -1.15. The lowest BCUT2D eigenvalue weighted by Gasteiger charge is -2.18. The summed E-state index contributed by atoms with van der Waals surface area (Å²) < 4.78 is 30.8. The summed E-state index contributed by atoms with van der Waals surface area (Å²) in [6.45, 7) is 2.59. The van der Waals surface area contributed by atoms with Gasteiger partial charge in [-0.25, -0.2) is 13.2 Å². The van der Waals surface area contributed by atoms with E-state index in [-0.39, 0.29) is 22.9 Å². The van der Waals surface area contributed by atoms with Gasteiger partial charge in [-0.05, 0) is 31.7 Å². The van der Waals surface area contributed by atoms with E-state index in [0.717, 1.165) is 0 Å². The van der Waals surface area contributed by atoms with Crippen molar-refractivity contribution in [3.8, 4) is 0 Å². The smallest absolute Gasteiger partial charge is 0.337 e. The molecular formula is C13H21ClN2O4S. The summed E-state index contributed by atoms with van der Waals surface area (Å²) in [7, 11) is 0.903. The highest BCUT2D eigenvalue weighted by molar-refractivity contribution is 7.89. The molecule has 0 atom stereocenters. The first-order chi connectivity index (χ1) is 9.34. The van der Waals surface area contributed by atoms with Gasteiger partial charge in [-0.2, -0.15) is 4.31 Å². The number of hydrogen-bond donors (Lipinski definition) is 1. The summed E-state index contributed by atoms with van der Waals surface area (Å²) >= 11 is 0. The van der Waals surface area contributed by atoms with Gasteiger partial charge in [-0.3, -0.25) is 0 Å². The monoisotopic (exact) mass is 336 g/mol. The van der Waals surface area contributed by atoms with Crippen molar-refractivity contribution in [3.63, 3.8) is 0 Å². The quantitative estimate of drug-likeness (QED) is 0.786. The van der Waals surface area contributed by atoms with Crippen molar-refractivity contribution in [1.29, 1.82) is 0 Å². The van der Waals surface area contributed by atoms with Crippen molar-refractivity contribution in [1.82, 2.24) is 9.62 Å².